The lowest BCUT2D eigenvalue weighted by atomic mass is 9.71. The summed E-state index contributed by atoms with van der Waals surface area (Å²) in [4.78, 5) is 39.7. The Bertz CT molecular complexity index is 1430. The molecule has 2 rings (SSSR count). The maximum atomic E-state index is 14.1. The molecule has 0 radical (unpaired) electrons. The first-order valence-corrected chi connectivity index (χ1v) is 16.7. The maximum absolute atomic E-state index is 14.1. The number of benzene rings is 2. The van der Waals surface area contributed by atoms with Gasteiger partial charge in [0.05, 0.1) is 21.5 Å². The van der Waals surface area contributed by atoms with Crippen molar-refractivity contribution in [1.29, 1.82) is 0 Å². The van der Waals surface area contributed by atoms with Gasteiger partial charge in [0.1, 0.15) is 11.9 Å². The highest BCUT2D eigenvalue weighted by Gasteiger charge is 2.48. The van der Waals surface area contributed by atoms with E-state index in [1.807, 2.05) is 99.6 Å². The fraction of sp³-hybridized carbons (Fsp3) is 0.571. The molecular weight excluding hydrogens is 594 g/mol. The predicted octanol–water partition coefficient (Wildman–Crippen LogP) is 7.22. The van der Waals surface area contributed by atoms with Crippen molar-refractivity contribution in [3.05, 3.63) is 60.2 Å². The molecule has 45 heavy (non-hydrogen) atoms. The predicted molar refractivity (Wildman–Crippen MR) is 176 cm³/mol. The van der Waals surface area contributed by atoms with Gasteiger partial charge in [-0.15, -0.1) is 0 Å². The number of amides is 1. The summed E-state index contributed by atoms with van der Waals surface area (Å²) < 4.78 is 45.0. The van der Waals surface area contributed by atoms with E-state index in [2.05, 4.69) is 5.32 Å². The van der Waals surface area contributed by atoms with Crippen molar-refractivity contribution in [1.82, 2.24) is 0 Å². The summed E-state index contributed by atoms with van der Waals surface area (Å²) in [5.74, 6) is -0.917. The number of anilines is 1. The normalized spacial score (nSPS) is 14.5. The molecule has 0 aromatic heterocycles. The molecule has 0 saturated carbocycles. The maximum Gasteiger partial charge on any atom is 0.294 e. The summed E-state index contributed by atoms with van der Waals surface area (Å²) in [5, 5.41) is 2.66. The van der Waals surface area contributed by atoms with Gasteiger partial charge >= 0.3 is 0 Å². The molecule has 0 bridgehead atoms. The lowest BCUT2D eigenvalue weighted by Crippen LogP contribution is -2.50. The molecule has 1 amide bonds. The summed E-state index contributed by atoms with van der Waals surface area (Å²) in [6, 6.07) is 14.7. The van der Waals surface area contributed by atoms with Gasteiger partial charge in [-0.25, -0.2) is 0 Å². The number of hydrogen-bond acceptors (Lipinski definition) is 7. The Morgan fingerprint density at radius 2 is 1.44 bits per heavy atom. The highest BCUT2D eigenvalue weighted by molar-refractivity contribution is 7.85. The molecular formula is C35H51NO8S. The molecule has 250 valence electrons. The van der Waals surface area contributed by atoms with Gasteiger partial charge < -0.3 is 14.8 Å². The first kappa shape index (κ1) is 38.3. The fourth-order valence-electron chi connectivity index (χ4n) is 4.59. The number of carbonyl (C=O) groups is 3. The van der Waals surface area contributed by atoms with Crippen LogP contribution < -0.4 is 5.32 Å². The Balaban J connectivity index is 2.21. The first-order valence-electron chi connectivity index (χ1n) is 15.3. The van der Waals surface area contributed by atoms with Crippen LogP contribution in [0.5, 0.6) is 0 Å². The number of ketones is 2. The van der Waals surface area contributed by atoms with Gasteiger partial charge in [0, 0.05) is 30.6 Å². The van der Waals surface area contributed by atoms with Crippen molar-refractivity contribution in [3.63, 3.8) is 0 Å². The third-order valence-electron chi connectivity index (χ3n) is 8.12. The minimum atomic E-state index is -4.44. The molecule has 0 heterocycles. The molecule has 0 aliphatic heterocycles. The molecule has 0 aliphatic carbocycles. The quantitative estimate of drug-likeness (QED) is 0.194. The molecule has 0 saturated heterocycles. The molecule has 0 spiro atoms. The van der Waals surface area contributed by atoms with E-state index < -0.39 is 44.2 Å². The minimum absolute atomic E-state index is 0.00605. The zero-order chi connectivity index (χ0) is 34.4. The largest absolute Gasteiger partial charge is 0.375 e. The Kier molecular flexibility index (Phi) is 12.5. The molecule has 2 N–H and O–H groups in total. The number of ether oxygens (including phenoxy) is 2. The van der Waals surface area contributed by atoms with Crippen molar-refractivity contribution < 1.29 is 36.8 Å². The van der Waals surface area contributed by atoms with Crippen molar-refractivity contribution >= 4 is 33.3 Å². The van der Waals surface area contributed by atoms with Crippen molar-refractivity contribution in [3.8, 4) is 0 Å². The SMILES string of the molecule is CC(C)(C)OC(C(=O)C(C)(C)C(C)(C)OCC[C@H](CC(=O)Nc1cccc(S(=O)(=O)O)c1)CC(=O)C(C)(C)C)c1ccccc1. The molecule has 2 aromatic carbocycles. The van der Waals surface area contributed by atoms with Crippen molar-refractivity contribution in [2.75, 3.05) is 11.9 Å². The van der Waals surface area contributed by atoms with Gasteiger partial charge in [-0.05, 0) is 70.7 Å². The van der Waals surface area contributed by atoms with Crippen LogP contribution in [0.25, 0.3) is 0 Å². The number of rotatable bonds is 15. The van der Waals surface area contributed by atoms with Crippen LogP contribution in [0, 0.1) is 16.7 Å². The van der Waals surface area contributed by atoms with Gasteiger partial charge in [0.15, 0.2) is 5.78 Å². The van der Waals surface area contributed by atoms with Crippen LogP contribution in [0.15, 0.2) is 59.5 Å². The topological polar surface area (TPSA) is 136 Å². The van der Waals surface area contributed by atoms with Gasteiger partial charge in [0.2, 0.25) is 5.91 Å². The number of carbonyl (C=O) groups excluding carboxylic acids is 3. The Labute approximate surface area is 269 Å². The molecule has 0 aliphatic rings. The van der Waals surface area contributed by atoms with E-state index in [9.17, 15) is 27.4 Å². The van der Waals surface area contributed by atoms with Crippen LogP contribution in [-0.2, 0) is 34.0 Å². The second kappa shape index (κ2) is 14.7. The van der Waals surface area contributed by atoms with Gasteiger partial charge in [-0.3, -0.25) is 18.9 Å². The van der Waals surface area contributed by atoms with Crippen LogP contribution in [0.4, 0.5) is 5.69 Å². The van der Waals surface area contributed by atoms with E-state index in [4.69, 9.17) is 9.47 Å². The molecule has 0 fully saturated rings. The second-order valence-electron chi connectivity index (χ2n) is 14.7. The van der Waals surface area contributed by atoms with Crippen molar-refractivity contribution in [2.24, 2.45) is 16.7 Å². The summed E-state index contributed by atoms with van der Waals surface area (Å²) in [5.41, 5.74) is -2.13. The highest BCUT2D eigenvalue weighted by atomic mass is 32.2. The van der Waals surface area contributed by atoms with Crippen LogP contribution in [-0.4, -0.2) is 48.3 Å². The Morgan fingerprint density at radius 1 is 0.844 bits per heavy atom. The summed E-state index contributed by atoms with van der Waals surface area (Å²) in [7, 11) is -4.44. The van der Waals surface area contributed by atoms with Gasteiger partial charge in [-0.2, -0.15) is 8.42 Å². The number of hydrogen-bond donors (Lipinski definition) is 2. The Hall–Kier alpha value is -2.92. The van der Waals surface area contributed by atoms with Crippen LogP contribution in [0.1, 0.15) is 100 Å². The average Bonchev–Trinajstić information content (AvgIpc) is 2.90. The van der Waals surface area contributed by atoms with Crippen LogP contribution >= 0.6 is 0 Å². The van der Waals surface area contributed by atoms with E-state index in [0.29, 0.717) is 6.42 Å². The third-order valence-corrected chi connectivity index (χ3v) is 8.97. The Morgan fingerprint density at radius 3 is 1.98 bits per heavy atom. The molecule has 1 unspecified atom stereocenters. The number of nitrogens with one attached hydrogen (secondary N) is 1. The van der Waals surface area contributed by atoms with Gasteiger partial charge in [-0.1, -0.05) is 71.0 Å². The zero-order valence-corrected chi connectivity index (χ0v) is 29.2. The monoisotopic (exact) mass is 645 g/mol. The lowest BCUT2D eigenvalue weighted by molar-refractivity contribution is -0.169. The second-order valence-corrected chi connectivity index (χ2v) is 16.1. The summed E-state index contributed by atoms with van der Waals surface area (Å²) in [6.07, 6.45) is -0.304. The fourth-order valence-corrected chi connectivity index (χ4v) is 5.12. The lowest BCUT2D eigenvalue weighted by Gasteiger charge is -2.43. The standard InChI is InChI=1S/C35H51NO8S/c1-32(2,3)28(37)21-24(22-29(38)36-26-17-14-18-27(23-26)45(40,41)42)19-20-43-35(9,10)34(7,8)31(39)30(44-33(4,5)6)25-15-12-11-13-16-25/h11-18,23-24,30H,19-22H2,1-10H3,(H,36,38)(H,40,41,42)/t24-,30?/m0/s1. The van der Waals surface area contributed by atoms with E-state index >= 15 is 0 Å². The summed E-state index contributed by atoms with van der Waals surface area (Å²) >= 11 is 0. The first-order chi connectivity index (χ1) is 20.4. The minimum Gasteiger partial charge on any atom is -0.375 e. The molecule has 2 aromatic rings. The summed E-state index contributed by atoms with van der Waals surface area (Å²) in [6.45, 7) is 18.8. The van der Waals surface area contributed by atoms with Crippen molar-refractivity contribution in [2.45, 2.75) is 111 Å². The van der Waals surface area contributed by atoms with E-state index in [0.717, 1.165) is 5.56 Å². The van der Waals surface area contributed by atoms with Crippen LogP contribution in [0.3, 0.4) is 0 Å². The van der Waals surface area contributed by atoms with E-state index in [-0.39, 0.29) is 47.5 Å². The molecule has 9 nitrogen and oxygen atoms in total. The average molecular weight is 646 g/mol. The number of Topliss-reactive ketones (excluding diaryl/α,β-unsaturated/α-hetero) is 2. The van der Waals surface area contributed by atoms with E-state index in [1.165, 1.54) is 24.3 Å². The third kappa shape index (κ3) is 11.4. The van der Waals surface area contributed by atoms with Crippen LogP contribution in [0.2, 0.25) is 0 Å². The highest BCUT2D eigenvalue weighted by Crippen LogP contribution is 2.41. The molecule has 2 atom stereocenters. The zero-order valence-electron chi connectivity index (χ0n) is 28.4. The molecule has 10 heteroatoms. The smallest absolute Gasteiger partial charge is 0.294 e. The van der Waals surface area contributed by atoms with E-state index in [1.54, 1.807) is 0 Å². The van der Waals surface area contributed by atoms with Gasteiger partial charge in [0.25, 0.3) is 10.1 Å².